The number of aromatic nitrogens is 2. The van der Waals surface area contributed by atoms with Crippen LogP contribution in [0.4, 0.5) is 5.95 Å². The zero-order valence-corrected chi connectivity index (χ0v) is 14.0. The number of aliphatic hydroxyl groups excluding tert-OH is 1. The third-order valence-corrected chi connectivity index (χ3v) is 4.20. The van der Waals surface area contributed by atoms with Gasteiger partial charge < -0.3 is 14.7 Å². The van der Waals surface area contributed by atoms with Crippen molar-refractivity contribution in [3.05, 3.63) is 48.3 Å². The van der Waals surface area contributed by atoms with Crippen LogP contribution in [0, 0.1) is 6.92 Å². The highest BCUT2D eigenvalue weighted by Crippen LogP contribution is 2.16. The first-order valence-electron chi connectivity index (χ1n) is 8.33. The van der Waals surface area contributed by atoms with Crippen molar-refractivity contribution in [3.63, 3.8) is 0 Å². The van der Waals surface area contributed by atoms with Gasteiger partial charge in [0.25, 0.3) is 0 Å². The van der Waals surface area contributed by atoms with Gasteiger partial charge in [-0.2, -0.15) is 0 Å². The molecule has 1 atom stereocenters. The summed E-state index contributed by atoms with van der Waals surface area (Å²) in [5, 5.41) is 10.2. The Morgan fingerprint density at radius 1 is 1.08 bits per heavy atom. The minimum absolute atomic E-state index is 0.312. The fourth-order valence-corrected chi connectivity index (χ4v) is 2.84. The molecule has 1 N–H and O–H groups in total. The number of nitrogens with zero attached hydrogens (tertiary/aromatic N) is 4. The van der Waals surface area contributed by atoms with E-state index in [9.17, 15) is 5.11 Å². The third kappa shape index (κ3) is 4.43. The number of aryl methyl sites for hydroxylation is 1. The van der Waals surface area contributed by atoms with Gasteiger partial charge in [0.05, 0.1) is 0 Å². The smallest absolute Gasteiger partial charge is 0.225 e. The molecule has 0 radical (unpaired) electrons. The van der Waals surface area contributed by atoms with Gasteiger partial charge in [0.15, 0.2) is 0 Å². The molecule has 1 aliphatic rings. The van der Waals surface area contributed by atoms with Gasteiger partial charge in [-0.1, -0.05) is 18.2 Å². The molecule has 0 saturated carbocycles. The highest BCUT2D eigenvalue weighted by atomic mass is 16.5. The molecule has 24 heavy (non-hydrogen) atoms. The molecule has 1 fully saturated rings. The number of ether oxygens (including phenoxy) is 1. The van der Waals surface area contributed by atoms with E-state index in [1.165, 1.54) is 0 Å². The maximum absolute atomic E-state index is 10.2. The molecule has 3 rings (SSSR count). The standard InChI is InChI=1S/C18H24N4O2/c1-15-5-2-3-6-17(15)24-14-16(23)13-21-9-11-22(12-10-21)18-19-7-4-8-20-18/h2-8,16,23H,9-14H2,1H3. The van der Waals surface area contributed by atoms with Crippen molar-refractivity contribution in [1.82, 2.24) is 14.9 Å². The van der Waals surface area contributed by atoms with Crippen LogP contribution in [0.1, 0.15) is 5.56 Å². The highest BCUT2D eigenvalue weighted by Gasteiger charge is 2.20. The van der Waals surface area contributed by atoms with Crippen molar-refractivity contribution in [2.45, 2.75) is 13.0 Å². The molecule has 0 aliphatic carbocycles. The minimum Gasteiger partial charge on any atom is -0.491 e. The fourth-order valence-electron chi connectivity index (χ4n) is 2.84. The number of rotatable bonds is 6. The second-order valence-corrected chi connectivity index (χ2v) is 6.07. The van der Waals surface area contributed by atoms with Crippen molar-refractivity contribution in [2.24, 2.45) is 0 Å². The van der Waals surface area contributed by atoms with Crippen LogP contribution in [-0.4, -0.2) is 65.4 Å². The number of anilines is 1. The number of piperazine rings is 1. The van der Waals surface area contributed by atoms with Crippen LogP contribution in [0.5, 0.6) is 5.75 Å². The first-order valence-corrected chi connectivity index (χ1v) is 8.33. The van der Waals surface area contributed by atoms with Gasteiger partial charge in [-0.05, 0) is 24.6 Å². The minimum atomic E-state index is -0.496. The van der Waals surface area contributed by atoms with Gasteiger partial charge >= 0.3 is 0 Å². The lowest BCUT2D eigenvalue weighted by Crippen LogP contribution is -2.49. The average Bonchev–Trinajstić information content (AvgIpc) is 2.62. The molecule has 2 heterocycles. The largest absolute Gasteiger partial charge is 0.491 e. The zero-order chi connectivity index (χ0) is 16.8. The predicted molar refractivity (Wildman–Crippen MR) is 93.4 cm³/mol. The molecule has 128 valence electrons. The molecule has 0 amide bonds. The second kappa shape index (κ2) is 8.08. The number of para-hydroxylation sites is 1. The molecule has 0 spiro atoms. The molecule has 6 heteroatoms. The normalized spacial score (nSPS) is 16.8. The SMILES string of the molecule is Cc1ccccc1OCC(O)CN1CCN(c2ncccn2)CC1. The fraction of sp³-hybridized carbons (Fsp3) is 0.444. The summed E-state index contributed by atoms with van der Waals surface area (Å²) in [7, 11) is 0. The summed E-state index contributed by atoms with van der Waals surface area (Å²) in [5.41, 5.74) is 1.08. The van der Waals surface area contributed by atoms with Crippen molar-refractivity contribution >= 4 is 5.95 Å². The van der Waals surface area contributed by atoms with Crippen LogP contribution in [0.2, 0.25) is 0 Å². The molecule has 1 aromatic heterocycles. The topological polar surface area (TPSA) is 61.7 Å². The Bertz CT molecular complexity index is 630. The molecular weight excluding hydrogens is 304 g/mol. The van der Waals surface area contributed by atoms with E-state index in [0.717, 1.165) is 43.4 Å². The lowest BCUT2D eigenvalue weighted by atomic mass is 10.2. The van der Waals surface area contributed by atoms with Crippen LogP contribution < -0.4 is 9.64 Å². The molecule has 1 aliphatic heterocycles. The molecule has 6 nitrogen and oxygen atoms in total. The number of hydrogen-bond acceptors (Lipinski definition) is 6. The first kappa shape index (κ1) is 16.7. The zero-order valence-electron chi connectivity index (χ0n) is 14.0. The Morgan fingerprint density at radius 3 is 2.50 bits per heavy atom. The van der Waals surface area contributed by atoms with Crippen molar-refractivity contribution in [3.8, 4) is 5.75 Å². The summed E-state index contributed by atoms with van der Waals surface area (Å²) in [5.74, 6) is 1.61. The van der Waals surface area contributed by atoms with Gasteiger partial charge in [0.2, 0.25) is 5.95 Å². The molecule has 2 aromatic rings. The summed E-state index contributed by atoms with van der Waals surface area (Å²) < 4.78 is 5.72. The Hall–Kier alpha value is -2.18. The molecule has 1 aromatic carbocycles. The van der Waals surface area contributed by atoms with E-state index < -0.39 is 6.10 Å². The van der Waals surface area contributed by atoms with E-state index in [2.05, 4.69) is 19.8 Å². The molecule has 0 bridgehead atoms. The van der Waals surface area contributed by atoms with Gasteiger partial charge in [-0.25, -0.2) is 9.97 Å². The van der Waals surface area contributed by atoms with Gasteiger partial charge in [0.1, 0.15) is 18.5 Å². The Kier molecular flexibility index (Phi) is 5.61. The maximum Gasteiger partial charge on any atom is 0.225 e. The summed E-state index contributed by atoms with van der Waals surface area (Å²) in [6.07, 6.45) is 3.03. The van der Waals surface area contributed by atoms with Crippen LogP contribution in [-0.2, 0) is 0 Å². The number of β-amino-alcohol motifs (C(OH)–C–C–N with tert-alkyl or cyclic N) is 1. The van der Waals surface area contributed by atoms with Crippen LogP contribution in [0.15, 0.2) is 42.7 Å². The van der Waals surface area contributed by atoms with E-state index in [4.69, 9.17) is 4.74 Å². The lowest BCUT2D eigenvalue weighted by Gasteiger charge is -2.35. The van der Waals surface area contributed by atoms with E-state index in [1.54, 1.807) is 12.4 Å². The summed E-state index contributed by atoms with van der Waals surface area (Å²) >= 11 is 0. The van der Waals surface area contributed by atoms with Crippen molar-refractivity contribution in [1.29, 1.82) is 0 Å². The lowest BCUT2D eigenvalue weighted by molar-refractivity contribution is 0.0660. The van der Waals surface area contributed by atoms with Crippen LogP contribution in [0.25, 0.3) is 0 Å². The maximum atomic E-state index is 10.2. The van der Waals surface area contributed by atoms with Crippen molar-refractivity contribution in [2.75, 3.05) is 44.2 Å². The first-order chi connectivity index (χ1) is 11.7. The number of hydrogen-bond donors (Lipinski definition) is 1. The number of benzene rings is 1. The van der Waals surface area contributed by atoms with Gasteiger partial charge in [-0.15, -0.1) is 0 Å². The molecule has 1 unspecified atom stereocenters. The number of aliphatic hydroxyl groups is 1. The predicted octanol–water partition coefficient (Wildman–Crippen LogP) is 1.35. The quantitative estimate of drug-likeness (QED) is 0.864. The van der Waals surface area contributed by atoms with E-state index >= 15 is 0 Å². The van der Waals surface area contributed by atoms with E-state index in [1.807, 2.05) is 37.3 Å². The summed E-state index contributed by atoms with van der Waals surface area (Å²) in [6, 6.07) is 9.69. The average molecular weight is 328 g/mol. The highest BCUT2D eigenvalue weighted by molar-refractivity contribution is 5.31. The monoisotopic (exact) mass is 328 g/mol. The van der Waals surface area contributed by atoms with E-state index in [0.29, 0.717) is 13.2 Å². The second-order valence-electron chi connectivity index (χ2n) is 6.07. The Morgan fingerprint density at radius 2 is 1.79 bits per heavy atom. The van der Waals surface area contributed by atoms with Gasteiger partial charge in [0, 0.05) is 45.1 Å². The summed E-state index contributed by atoms with van der Waals surface area (Å²) in [6.45, 7) is 6.46. The van der Waals surface area contributed by atoms with Crippen LogP contribution >= 0.6 is 0 Å². The van der Waals surface area contributed by atoms with Crippen LogP contribution in [0.3, 0.4) is 0 Å². The summed E-state index contributed by atoms with van der Waals surface area (Å²) in [4.78, 5) is 13.0. The Labute approximate surface area is 142 Å². The van der Waals surface area contributed by atoms with Gasteiger partial charge in [-0.3, -0.25) is 4.90 Å². The molecular formula is C18H24N4O2. The third-order valence-electron chi connectivity index (χ3n) is 4.20. The van der Waals surface area contributed by atoms with Crippen molar-refractivity contribution < 1.29 is 9.84 Å². The Balaban J connectivity index is 1.42. The van der Waals surface area contributed by atoms with E-state index in [-0.39, 0.29) is 0 Å². The molecule has 1 saturated heterocycles.